The van der Waals surface area contributed by atoms with Crippen molar-refractivity contribution in [1.29, 1.82) is 0 Å². The molecule has 0 N–H and O–H groups in total. The molecule has 0 fully saturated rings. The maximum absolute atomic E-state index is 5.61. The third-order valence-corrected chi connectivity index (χ3v) is 6.24. The van der Waals surface area contributed by atoms with Gasteiger partial charge in [0.2, 0.25) is 0 Å². The first-order valence-corrected chi connectivity index (χ1v) is 11.2. The minimum absolute atomic E-state index is 0.693. The highest BCUT2D eigenvalue weighted by molar-refractivity contribution is 6.01. The average Bonchev–Trinajstić information content (AvgIpc) is 2.89. The second kappa shape index (κ2) is 8.99. The van der Waals surface area contributed by atoms with E-state index < -0.39 is 0 Å². The maximum atomic E-state index is 5.61. The molecule has 4 heteroatoms. The van der Waals surface area contributed by atoms with Gasteiger partial charge in [0.15, 0.2) is 17.3 Å². The van der Waals surface area contributed by atoms with Crippen LogP contribution in [0.5, 0.6) is 11.5 Å². The number of ether oxygens (including phenoxy) is 2. The van der Waals surface area contributed by atoms with Gasteiger partial charge in [0.05, 0.1) is 14.2 Å². The van der Waals surface area contributed by atoms with Crippen LogP contribution < -0.4 is 9.47 Å². The van der Waals surface area contributed by atoms with E-state index in [1.165, 1.54) is 11.1 Å². The highest BCUT2D eigenvalue weighted by atomic mass is 16.5. The van der Waals surface area contributed by atoms with Crippen molar-refractivity contribution in [2.75, 3.05) is 14.2 Å². The summed E-state index contributed by atoms with van der Waals surface area (Å²) < 4.78 is 11.2. The summed E-state index contributed by atoms with van der Waals surface area (Å²) >= 11 is 0. The van der Waals surface area contributed by atoms with E-state index in [4.69, 9.17) is 14.5 Å². The van der Waals surface area contributed by atoms with Gasteiger partial charge in [0.25, 0.3) is 0 Å². The van der Waals surface area contributed by atoms with Crippen LogP contribution in [0.15, 0.2) is 85.1 Å². The molecule has 0 atom stereocenters. The average molecular weight is 447 g/mol. The Morgan fingerprint density at radius 2 is 1.29 bits per heavy atom. The molecule has 5 aromatic rings. The van der Waals surface area contributed by atoms with E-state index in [0.29, 0.717) is 17.3 Å². The maximum Gasteiger partial charge on any atom is 0.161 e. The molecule has 0 amide bonds. The molecule has 0 bridgehead atoms. The van der Waals surface area contributed by atoms with E-state index in [-0.39, 0.29) is 0 Å². The van der Waals surface area contributed by atoms with E-state index in [1.807, 2.05) is 38.2 Å². The Labute approximate surface area is 199 Å². The van der Waals surface area contributed by atoms with Gasteiger partial charge in [-0.1, -0.05) is 54.6 Å². The highest BCUT2D eigenvalue weighted by Gasteiger charge is 2.14. The van der Waals surface area contributed by atoms with Crippen LogP contribution in [0.3, 0.4) is 0 Å². The number of rotatable bonds is 5. The van der Waals surface area contributed by atoms with Crippen LogP contribution in [-0.2, 0) is 0 Å². The van der Waals surface area contributed by atoms with Crippen molar-refractivity contribution in [2.45, 2.75) is 13.8 Å². The molecule has 168 valence electrons. The zero-order valence-corrected chi connectivity index (χ0v) is 19.8. The van der Waals surface area contributed by atoms with Gasteiger partial charge < -0.3 is 9.47 Å². The molecule has 0 aliphatic rings. The lowest BCUT2D eigenvalue weighted by Crippen LogP contribution is -1.96. The summed E-state index contributed by atoms with van der Waals surface area (Å²) in [4.78, 5) is 9.36. The number of nitrogens with zero attached hydrogens (tertiary/aromatic N) is 2. The predicted octanol–water partition coefficient (Wildman–Crippen LogP) is 7.26. The Morgan fingerprint density at radius 1 is 0.647 bits per heavy atom. The monoisotopic (exact) mass is 446 g/mol. The van der Waals surface area contributed by atoms with Crippen LogP contribution in [0.4, 0.5) is 0 Å². The molecule has 0 aliphatic carbocycles. The predicted molar refractivity (Wildman–Crippen MR) is 138 cm³/mol. The molecular formula is C30H26N2O2. The quantitative estimate of drug-likeness (QED) is 0.285. The standard InChI is InChI=1S/C30H26N2O2/c1-19-18-31-30(32-20(19)2)25-14-24-16-28(33-3)29(34-4)17-27(24)26(15-25)23-12-10-22(11-13-23)21-8-6-5-7-9-21/h5-18H,1-4H3. The fourth-order valence-electron chi connectivity index (χ4n) is 4.20. The van der Waals surface area contributed by atoms with Crippen LogP contribution in [0.25, 0.3) is 44.4 Å². The van der Waals surface area contributed by atoms with Crippen molar-refractivity contribution in [3.05, 3.63) is 96.3 Å². The smallest absolute Gasteiger partial charge is 0.161 e. The number of hydrogen-bond donors (Lipinski definition) is 0. The van der Waals surface area contributed by atoms with Crippen molar-refractivity contribution < 1.29 is 9.47 Å². The third-order valence-electron chi connectivity index (χ3n) is 6.24. The van der Waals surface area contributed by atoms with Gasteiger partial charge in [0, 0.05) is 17.5 Å². The number of hydrogen-bond acceptors (Lipinski definition) is 4. The fraction of sp³-hybridized carbons (Fsp3) is 0.133. The first kappa shape index (κ1) is 21.7. The minimum Gasteiger partial charge on any atom is -0.493 e. The summed E-state index contributed by atoms with van der Waals surface area (Å²) in [7, 11) is 3.32. The van der Waals surface area contributed by atoms with Crippen molar-refractivity contribution in [2.24, 2.45) is 0 Å². The highest BCUT2D eigenvalue weighted by Crippen LogP contribution is 2.40. The van der Waals surface area contributed by atoms with E-state index in [9.17, 15) is 0 Å². The number of benzene rings is 4. The molecule has 1 heterocycles. The SMILES string of the molecule is COc1cc2cc(-c3ncc(C)c(C)n3)cc(-c3ccc(-c4ccccc4)cc3)c2cc1OC. The van der Waals surface area contributed by atoms with E-state index >= 15 is 0 Å². The second-order valence-corrected chi connectivity index (χ2v) is 8.36. The largest absolute Gasteiger partial charge is 0.493 e. The second-order valence-electron chi connectivity index (χ2n) is 8.36. The van der Waals surface area contributed by atoms with Gasteiger partial charge in [0.1, 0.15) is 0 Å². The molecule has 1 aromatic heterocycles. The Balaban J connectivity index is 1.72. The fourth-order valence-corrected chi connectivity index (χ4v) is 4.20. The lowest BCUT2D eigenvalue weighted by atomic mass is 9.93. The first-order chi connectivity index (χ1) is 16.6. The Hall–Kier alpha value is -4.18. The summed E-state index contributed by atoms with van der Waals surface area (Å²) in [5.41, 5.74) is 7.60. The molecule has 34 heavy (non-hydrogen) atoms. The Bertz CT molecular complexity index is 1480. The molecule has 4 nitrogen and oxygen atoms in total. The number of fused-ring (bicyclic) bond motifs is 1. The molecule has 0 radical (unpaired) electrons. The van der Waals surface area contributed by atoms with Gasteiger partial charge in [-0.05, 0) is 76.7 Å². The summed E-state index contributed by atoms with van der Waals surface area (Å²) in [5, 5.41) is 2.12. The molecule has 0 unspecified atom stereocenters. The van der Waals surface area contributed by atoms with Gasteiger partial charge >= 0.3 is 0 Å². The molecule has 0 aliphatic heterocycles. The van der Waals surface area contributed by atoms with Crippen molar-refractivity contribution >= 4 is 10.8 Å². The van der Waals surface area contributed by atoms with E-state index in [2.05, 4.69) is 65.6 Å². The van der Waals surface area contributed by atoms with Crippen molar-refractivity contribution in [3.8, 4) is 45.1 Å². The lowest BCUT2D eigenvalue weighted by Gasteiger charge is -2.15. The van der Waals surface area contributed by atoms with Gasteiger partial charge in [-0.25, -0.2) is 9.97 Å². The molecule has 0 saturated heterocycles. The van der Waals surface area contributed by atoms with Crippen LogP contribution in [0.2, 0.25) is 0 Å². The molecule has 5 rings (SSSR count). The topological polar surface area (TPSA) is 44.2 Å². The molecule has 0 saturated carbocycles. The Kier molecular flexibility index (Phi) is 5.72. The van der Waals surface area contributed by atoms with Crippen molar-refractivity contribution in [3.63, 3.8) is 0 Å². The van der Waals surface area contributed by atoms with E-state index in [1.54, 1.807) is 14.2 Å². The summed E-state index contributed by atoms with van der Waals surface area (Å²) in [6, 6.07) is 27.4. The zero-order valence-electron chi connectivity index (χ0n) is 19.8. The van der Waals surface area contributed by atoms with Crippen LogP contribution in [0, 0.1) is 13.8 Å². The number of methoxy groups -OCH3 is 2. The zero-order chi connectivity index (χ0) is 23.7. The van der Waals surface area contributed by atoms with Gasteiger partial charge in [-0.15, -0.1) is 0 Å². The van der Waals surface area contributed by atoms with Gasteiger partial charge in [-0.2, -0.15) is 0 Å². The summed E-state index contributed by atoms with van der Waals surface area (Å²) in [6.07, 6.45) is 1.88. The lowest BCUT2D eigenvalue weighted by molar-refractivity contribution is 0.356. The normalized spacial score (nSPS) is 10.9. The number of aryl methyl sites for hydroxylation is 2. The molecular weight excluding hydrogens is 420 g/mol. The van der Waals surface area contributed by atoms with Crippen LogP contribution in [-0.4, -0.2) is 24.2 Å². The first-order valence-electron chi connectivity index (χ1n) is 11.2. The van der Waals surface area contributed by atoms with E-state index in [0.717, 1.165) is 38.7 Å². The Morgan fingerprint density at radius 3 is 1.97 bits per heavy atom. The summed E-state index contributed by atoms with van der Waals surface area (Å²) in [6.45, 7) is 4.04. The molecule has 0 spiro atoms. The number of aromatic nitrogens is 2. The molecule has 4 aromatic carbocycles. The van der Waals surface area contributed by atoms with Gasteiger partial charge in [-0.3, -0.25) is 0 Å². The minimum atomic E-state index is 0.693. The third kappa shape index (κ3) is 3.99. The van der Waals surface area contributed by atoms with Crippen LogP contribution in [0.1, 0.15) is 11.3 Å². The van der Waals surface area contributed by atoms with Crippen molar-refractivity contribution in [1.82, 2.24) is 9.97 Å². The summed E-state index contributed by atoms with van der Waals surface area (Å²) in [5.74, 6) is 2.10. The van der Waals surface area contributed by atoms with Crippen LogP contribution >= 0.6 is 0 Å².